The van der Waals surface area contributed by atoms with Gasteiger partial charge in [-0.05, 0) is 19.1 Å². The highest BCUT2D eigenvalue weighted by molar-refractivity contribution is 5.86. The summed E-state index contributed by atoms with van der Waals surface area (Å²) in [6.45, 7) is 5.89. The second-order valence-electron chi connectivity index (χ2n) is 4.28. The Morgan fingerprint density at radius 3 is 3.06 bits per heavy atom. The Morgan fingerprint density at radius 1 is 1.61 bits per heavy atom. The van der Waals surface area contributed by atoms with Crippen LogP contribution in [0.1, 0.15) is 23.2 Å². The summed E-state index contributed by atoms with van der Waals surface area (Å²) in [5.41, 5.74) is 0. The van der Waals surface area contributed by atoms with E-state index >= 15 is 0 Å². The molecule has 1 aliphatic rings. The van der Waals surface area contributed by atoms with Crippen molar-refractivity contribution in [3.63, 3.8) is 0 Å². The first-order valence-electron chi connectivity index (χ1n) is 5.82. The molecule has 1 saturated heterocycles. The second-order valence-corrected chi connectivity index (χ2v) is 4.28. The Labute approximate surface area is 113 Å². The van der Waals surface area contributed by atoms with E-state index in [9.17, 15) is 4.79 Å². The third-order valence-electron chi connectivity index (χ3n) is 3.05. The van der Waals surface area contributed by atoms with Crippen LogP contribution in [0.3, 0.4) is 0 Å². The summed E-state index contributed by atoms with van der Waals surface area (Å²) in [6, 6.07) is 3.98. The van der Waals surface area contributed by atoms with Gasteiger partial charge >= 0.3 is 5.97 Å². The van der Waals surface area contributed by atoms with Crippen molar-refractivity contribution in [3.05, 3.63) is 23.7 Å². The Bertz CT molecular complexity index is 394. The van der Waals surface area contributed by atoms with Crippen molar-refractivity contribution in [1.29, 1.82) is 0 Å². The van der Waals surface area contributed by atoms with Crippen LogP contribution in [0.4, 0.5) is 0 Å². The molecule has 1 unspecified atom stereocenters. The summed E-state index contributed by atoms with van der Waals surface area (Å²) in [6.07, 6.45) is 0. The van der Waals surface area contributed by atoms with Crippen LogP contribution < -0.4 is 5.32 Å². The summed E-state index contributed by atoms with van der Waals surface area (Å²) >= 11 is 0. The molecule has 102 valence electrons. The molecule has 2 heterocycles. The molecular weight excluding hydrogens is 256 g/mol. The second kappa shape index (κ2) is 6.78. The molecule has 1 atom stereocenters. The number of hydrogen-bond donors (Lipinski definition) is 1. The summed E-state index contributed by atoms with van der Waals surface area (Å²) in [5, 5.41) is 3.34. The zero-order valence-corrected chi connectivity index (χ0v) is 11.5. The smallest absolute Gasteiger partial charge is 0.373 e. The molecule has 2 rings (SSSR count). The molecule has 0 aliphatic carbocycles. The number of methoxy groups -OCH3 is 1. The van der Waals surface area contributed by atoms with Gasteiger partial charge in [-0.25, -0.2) is 4.79 Å². The van der Waals surface area contributed by atoms with Gasteiger partial charge in [-0.3, -0.25) is 4.90 Å². The summed E-state index contributed by atoms with van der Waals surface area (Å²) < 4.78 is 10.1. The van der Waals surface area contributed by atoms with E-state index in [1.54, 1.807) is 6.07 Å². The van der Waals surface area contributed by atoms with Crippen LogP contribution in [0.2, 0.25) is 0 Å². The van der Waals surface area contributed by atoms with E-state index in [1.165, 1.54) is 7.11 Å². The Hall–Kier alpha value is -1.04. The third kappa shape index (κ3) is 3.48. The Balaban J connectivity index is 0.00000162. The monoisotopic (exact) mass is 274 g/mol. The molecular formula is C12H19ClN2O3. The maximum atomic E-state index is 11.2. The zero-order valence-electron chi connectivity index (χ0n) is 10.6. The largest absolute Gasteiger partial charge is 0.463 e. The van der Waals surface area contributed by atoms with Crippen LogP contribution >= 0.6 is 12.4 Å². The molecule has 1 N–H and O–H groups in total. The van der Waals surface area contributed by atoms with E-state index in [-0.39, 0.29) is 18.2 Å². The van der Waals surface area contributed by atoms with Crippen LogP contribution in [-0.4, -0.2) is 43.7 Å². The number of ether oxygens (including phenoxy) is 1. The Kier molecular flexibility index (Phi) is 5.65. The number of carbonyl (C=O) groups excluding carboxylic acids is 1. The number of piperazine rings is 1. The predicted octanol–water partition coefficient (Wildman–Crippen LogP) is 1.28. The van der Waals surface area contributed by atoms with E-state index < -0.39 is 5.97 Å². The molecule has 1 aliphatic heterocycles. The average Bonchev–Trinajstić information content (AvgIpc) is 2.80. The number of rotatable bonds is 3. The minimum absolute atomic E-state index is 0. The first-order valence-corrected chi connectivity index (χ1v) is 5.82. The van der Waals surface area contributed by atoms with Gasteiger partial charge in [0.2, 0.25) is 5.76 Å². The van der Waals surface area contributed by atoms with Gasteiger partial charge in [-0.15, -0.1) is 12.4 Å². The quantitative estimate of drug-likeness (QED) is 0.842. The van der Waals surface area contributed by atoms with Crippen LogP contribution in [0.15, 0.2) is 16.5 Å². The molecule has 0 saturated carbocycles. The highest BCUT2D eigenvalue weighted by Crippen LogP contribution is 2.14. The van der Waals surface area contributed by atoms with Crippen molar-refractivity contribution >= 4 is 18.4 Å². The first kappa shape index (κ1) is 15.0. The molecule has 0 amide bonds. The topological polar surface area (TPSA) is 54.7 Å². The van der Waals surface area contributed by atoms with Gasteiger partial charge < -0.3 is 14.5 Å². The van der Waals surface area contributed by atoms with Crippen molar-refractivity contribution < 1.29 is 13.9 Å². The lowest BCUT2D eigenvalue weighted by atomic mass is 10.2. The summed E-state index contributed by atoms with van der Waals surface area (Å²) in [4.78, 5) is 13.6. The van der Waals surface area contributed by atoms with E-state index in [4.69, 9.17) is 4.42 Å². The number of furan rings is 1. The number of nitrogens with one attached hydrogen (secondary N) is 1. The maximum Gasteiger partial charge on any atom is 0.373 e. The number of halogens is 1. The highest BCUT2D eigenvalue weighted by Gasteiger charge is 2.20. The molecule has 1 fully saturated rings. The fourth-order valence-corrected chi connectivity index (χ4v) is 1.99. The lowest BCUT2D eigenvalue weighted by molar-refractivity contribution is 0.0559. The van der Waals surface area contributed by atoms with Crippen molar-refractivity contribution in [1.82, 2.24) is 10.2 Å². The third-order valence-corrected chi connectivity index (χ3v) is 3.05. The number of hydrogen-bond acceptors (Lipinski definition) is 5. The predicted molar refractivity (Wildman–Crippen MR) is 70.0 cm³/mol. The highest BCUT2D eigenvalue weighted by atomic mass is 35.5. The molecule has 0 aromatic carbocycles. The van der Waals surface area contributed by atoms with Crippen molar-refractivity contribution in [2.75, 3.05) is 26.7 Å². The summed E-state index contributed by atoms with van der Waals surface area (Å²) in [5.74, 6) is 0.647. The van der Waals surface area contributed by atoms with E-state index in [0.717, 1.165) is 31.9 Å². The molecule has 5 nitrogen and oxygen atoms in total. The molecule has 0 bridgehead atoms. The van der Waals surface area contributed by atoms with Gasteiger partial charge in [-0.2, -0.15) is 0 Å². The Morgan fingerprint density at radius 2 is 2.39 bits per heavy atom. The normalized spacial score (nSPS) is 20.2. The van der Waals surface area contributed by atoms with Crippen molar-refractivity contribution in [2.45, 2.75) is 19.5 Å². The molecule has 0 spiro atoms. The average molecular weight is 275 g/mol. The molecule has 0 radical (unpaired) electrons. The van der Waals surface area contributed by atoms with Crippen LogP contribution in [0, 0.1) is 0 Å². The maximum absolute atomic E-state index is 11.2. The van der Waals surface area contributed by atoms with E-state index in [0.29, 0.717) is 6.04 Å². The number of esters is 1. The van der Waals surface area contributed by atoms with Gasteiger partial charge in [0.25, 0.3) is 0 Å². The van der Waals surface area contributed by atoms with Crippen LogP contribution in [0.25, 0.3) is 0 Å². The lowest BCUT2D eigenvalue weighted by Gasteiger charge is -2.33. The standard InChI is InChI=1S/C12H18N2O3.ClH/c1-9-7-13-5-6-14(9)8-10-3-4-11(17-10)12(15)16-2;/h3-4,9,13H,5-8H2,1-2H3;1H. The number of nitrogens with zero attached hydrogens (tertiary/aromatic N) is 1. The molecule has 6 heteroatoms. The van der Waals surface area contributed by atoms with Crippen LogP contribution in [-0.2, 0) is 11.3 Å². The van der Waals surface area contributed by atoms with Crippen molar-refractivity contribution in [3.8, 4) is 0 Å². The SMILES string of the molecule is COC(=O)c1ccc(CN2CCNCC2C)o1.Cl. The summed E-state index contributed by atoms with van der Waals surface area (Å²) in [7, 11) is 1.35. The van der Waals surface area contributed by atoms with E-state index in [1.807, 2.05) is 6.07 Å². The minimum Gasteiger partial charge on any atom is -0.463 e. The van der Waals surface area contributed by atoms with Crippen LogP contribution in [0.5, 0.6) is 0 Å². The van der Waals surface area contributed by atoms with Gasteiger partial charge in [0, 0.05) is 25.7 Å². The molecule has 1 aromatic heterocycles. The zero-order chi connectivity index (χ0) is 12.3. The fourth-order valence-electron chi connectivity index (χ4n) is 1.99. The first-order chi connectivity index (χ1) is 8.20. The van der Waals surface area contributed by atoms with Gasteiger partial charge in [0.1, 0.15) is 5.76 Å². The van der Waals surface area contributed by atoms with Gasteiger partial charge in [0.15, 0.2) is 0 Å². The fraction of sp³-hybridized carbons (Fsp3) is 0.583. The number of carbonyl (C=O) groups is 1. The lowest BCUT2D eigenvalue weighted by Crippen LogP contribution is -2.49. The molecule has 1 aromatic rings. The van der Waals surface area contributed by atoms with Crippen molar-refractivity contribution in [2.24, 2.45) is 0 Å². The van der Waals surface area contributed by atoms with Gasteiger partial charge in [-0.1, -0.05) is 0 Å². The molecule has 18 heavy (non-hydrogen) atoms. The van der Waals surface area contributed by atoms with Gasteiger partial charge in [0.05, 0.1) is 13.7 Å². The van der Waals surface area contributed by atoms with E-state index in [2.05, 4.69) is 21.9 Å². The minimum atomic E-state index is -0.426.